The Morgan fingerprint density at radius 3 is 2.41 bits per heavy atom. The molecule has 0 aliphatic heterocycles. The Labute approximate surface area is 186 Å². The van der Waals surface area contributed by atoms with Gasteiger partial charge in [0.15, 0.2) is 11.2 Å². The van der Waals surface area contributed by atoms with Crippen LogP contribution in [0.15, 0.2) is 76.1 Å². The SMILES string of the molecule is Cc1cc(C)c2c(=O)cc(C(=O)N(Cc3ccc(N(C)C)cc3)c3ccccn3)oc2c1. The lowest BCUT2D eigenvalue weighted by Gasteiger charge is -2.22. The largest absolute Gasteiger partial charge is 0.451 e. The maximum atomic E-state index is 13.5. The van der Waals surface area contributed by atoms with E-state index in [9.17, 15) is 9.59 Å². The molecule has 2 aromatic carbocycles. The van der Waals surface area contributed by atoms with E-state index in [1.165, 1.54) is 11.0 Å². The van der Waals surface area contributed by atoms with Gasteiger partial charge in [-0.1, -0.05) is 24.3 Å². The van der Waals surface area contributed by atoms with Crippen molar-refractivity contribution < 1.29 is 9.21 Å². The molecule has 4 aromatic rings. The van der Waals surface area contributed by atoms with Crippen molar-refractivity contribution in [3.05, 3.63) is 99.5 Å². The van der Waals surface area contributed by atoms with Crippen LogP contribution in [0, 0.1) is 13.8 Å². The molecule has 1 amide bonds. The standard InChI is InChI=1S/C26H25N3O3/c1-17-13-18(2)25-21(30)15-23(32-22(25)14-17)26(31)29(24-7-5-6-12-27-24)16-19-8-10-20(11-9-19)28(3)4/h5-15H,16H2,1-4H3. The maximum Gasteiger partial charge on any atom is 0.295 e. The van der Waals surface area contributed by atoms with Gasteiger partial charge in [0.25, 0.3) is 5.91 Å². The van der Waals surface area contributed by atoms with Crippen LogP contribution in [0.1, 0.15) is 27.2 Å². The molecule has 2 aromatic heterocycles. The number of nitrogens with zero attached hydrogens (tertiary/aromatic N) is 3. The Kier molecular flexibility index (Phi) is 5.77. The molecule has 0 spiro atoms. The third-order valence-electron chi connectivity index (χ3n) is 5.35. The van der Waals surface area contributed by atoms with Gasteiger partial charge < -0.3 is 9.32 Å². The summed E-state index contributed by atoms with van der Waals surface area (Å²) < 4.78 is 5.93. The van der Waals surface area contributed by atoms with Crippen molar-refractivity contribution in [1.29, 1.82) is 0 Å². The molecule has 2 heterocycles. The third-order valence-corrected chi connectivity index (χ3v) is 5.35. The molecule has 0 fully saturated rings. The number of aromatic nitrogens is 1. The van der Waals surface area contributed by atoms with Gasteiger partial charge in [-0.3, -0.25) is 14.5 Å². The number of hydrogen-bond acceptors (Lipinski definition) is 5. The van der Waals surface area contributed by atoms with Crippen LogP contribution in [-0.4, -0.2) is 25.0 Å². The highest BCUT2D eigenvalue weighted by molar-refractivity contribution is 6.04. The second kappa shape index (κ2) is 8.67. The summed E-state index contributed by atoms with van der Waals surface area (Å²) >= 11 is 0. The summed E-state index contributed by atoms with van der Waals surface area (Å²) in [4.78, 5) is 34.2. The topological polar surface area (TPSA) is 66.7 Å². The summed E-state index contributed by atoms with van der Waals surface area (Å²) in [6.45, 7) is 4.09. The molecule has 0 bridgehead atoms. The van der Waals surface area contributed by atoms with Crippen LogP contribution in [0.3, 0.4) is 0 Å². The first-order chi connectivity index (χ1) is 15.3. The lowest BCUT2D eigenvalue weighted by molar-refractivity contribution is 0.0958. The summed E-state index contributed by atoms with van der Waals surface area (Å²) in [5.41, 5.74) is 3.97. The highest BCUT2D eigenvalue weighted by atomic mass is 16.3. The zero-order valence-corrected chi connectivity index (χ0v) is 18.6. The van der Waals surface area contributed by atoms with Crippen molar-refractivity contribution in [2.24, 2.45) is 0 Å². The number of fused-ring (bicyclic) bond motifs is 1. The van der Waals surface area contributed by atoms with Crippen LogP contribution in [-0.2, 0) is 6.54 Å². The minimum atomic E-state index is -0.418. The van der Waals surface area contributed by atoms with E-state index in [1.54, 1.807) is 24.4 Å². The second-order valence-electron chi connectivity index (χ2n) is 8.07. The molecule has 0 aliphatic carbocycles. The number of carbonyl (C=O) groups is 1. The van der Waals surface area contributed by atoms with Gasteiger partial charge in [-0.2, -0.15) is 0 Å². The predicted molar refractivity (Wildman–Crippen MR) is 127 cm³/mol. The molecular weight excluding hydrogens is 402 g/mol. The number of hydrogen-bond donors (Lipinski definition) is 0. The summed E-state index contributed by atoms with van der Waals surface area (Å²) in [5, 5.41) is 0.496. The van der Waals surface area contributed by atoms with Crippen molar-refractivity contribution in [3.63, 3.8) is 0 Å². The van der Waals surface area contributed by atoms with Gasteiger partial charge in [-0.05, 0) is 60.9 Å². The van der Waals surface area contributed by atoms with Gasteiger partial charge in [0.05, 0.1) is 11.9 Å². The fraction of sp³-hybridized carbons (Fsp3) is 0.192. The summed E-state index contributed by atoms with van der Waals surface area (Å²) in [6.07, 6.45) is 1.63. The second-order valence-corrected chi connectivity index (χ2v) is 8.07. The minimum absolute atomic E-state index is 0.0111. The first-order valence-corrected chi connectivity index (χ1v) is 10.4. The number of pyridine rings is 1. The van der Waals surface area contributed by atoms with E-state index in [4.69, 9.17) is 4.42 Å². The Balaban J connectivity index is 1.76. The van der Waals surface area contributed by atoms with Crippen LogP contribution >= 0.6 is 0 Å². The highest BCUT2D eigenvalue weighted by Gasteiger charge is 2.23. The molecule has 162 valence electrons. The van der Waals surface area contributed by atoms with E-state index in [0.717, 1.165) is 22.4 Å². The van der Waals surface area contributed by atoms with Crippen LogP contribution in [0.5, 0.6) is 0 Å². The van der Waals surface area contributed by atoms with E-state index in [1.807, 2.05) is 69.2 Å². The predicted octanol–water partition coefficient (Wildman–Crippen LogP) is 4.72. The maximum absolute atomic E-state index is 13.5. The summed E-state index contributed by atoms with van der Waals surface area (Å²) in [7, 11) is 3.95. The van der Waals surface area contributed by atoms with Gasteiger partial charge in [-0.15, -0.1) is 0 Å². The number of aryl methyl sites for hydroxylation is 2. The molecule has 0 atom stereocenters. The fourth-order valence-electron chi connectivity index (χ4n) is 3.75. The molecule has 0 aliphatic rings. The molecular formula is C26H25N3O3. The van der Waals surface area contributed by atoms with E-state index in [-0.39, 0.29) is 17.7 Å². The summed E-state index contributed by atoms with van der Waals surface area (Å²) in [5.74, 6) is 0.0546. The van der Waals surface area contributed by atoms with Crippen molar-refractivity contribution in [2.75, 3.05) is 23.9 Å². The molecule has 6 heteroatoms. The molecule has 4 rings (SSSR count). The van der Waals surface area contributed by atoms with Crippen molar-refractivity contribution in [2.45, 2.75) is 20.4 Å². The van der Waals surface area contributed by atoms with Crippen molar-refractivity contribution in [1.82, 2.24) is 4.98 Å². The number of amides is 1. The first kappa shape index (κ1) is 21.3. The van der Waals surface area contributed by atoms with E-state index in [2.05, 4.69) is 4.98 Å². The van der Waals surface area contributed by atoms with Gasteiger partial charge in [0.2, 0.25) is 0 Å². The van der Waals surface area contributed by atoms with Crippen LogP contribution in [0.25, 0.3) is 11.0 Å². The van der Waals surface area contributed by atoms with Crippen LogP contribution in [0.2, 0.25) is 0 Å². The fourth-order valence-corrected chi connectivity index (χ4v) is 3.75. The number of anilines is 2. The Bertz CT molecular complexity index is 1330. The van der Waals surface area contributed by atoms with Gasteiger partial charge in [0, 0.05) is 32.0 Å². The lowest BCUT2D eigenvalue weighted by atomic mass is 10.1. The lowest BCUT2D eigenvalue weighted by Crippen LogP contribution is -2.31. The highest BCUT2D eigenvalue weighted by Crippen LogP contribution is 2.23. The number of rotatable bonds is 5. The van der Waals surface area contributed by atoms with E-state index < -0.39 is 5.91 Å². The average molecular weight is 428 g/mol. The monoisotopic (exact) mass is 427 g/mol. The molecule has 0 unspecified atom stereocenters. The molecule has 0 N–H and O–H groups in total. The molecule has 0 saturated carbocycles. The van der Waals surface area contributed by atoms with Crippen molar-refractivity contribution in [3.8, 4) is 0 Å². The minimum Gasteiger partial charge on any atom is -0.451 e. The molecule has 6 nitrogen and oxygen atoms in total. The molecule has 0 radical (unpaired) electrons. The Hall–Kier alpha value is -3.93. The van der Waals surface area contributed by atoms with Crippen molar-refractivity contribution >= 4 is 28.4 Å². The van der Waals surface area contributed by atoms with E-state index >= 15 is 0 Å². The molecule has 0 saturated heterocycles. The summed E-state index contributed by atoms with van der Waals surface area (Å²) in [6, 6.07) is 18.3. The van der Waals surface area contributed by atoms with Crippen LogP contribution in [0.4, 0.5) is 11.5 Å². The zero-order valence-electron chi connectivity index (χ0n) is 18.6. The normalized spacial score (nSPS) is 10.9. The zero-order chi connectivity index (χ0) is 22.8. The average Bonchev–Trinajstić information content (AvgIpc) is 2.77. The van der Waals surface area contributed by atoms with Gasteiger partial charge in [-0.25, -0.2) is 4.98 Å². The quantitative estimate of drug-likeness (QED) is 0.461. The molecule has 32 heavy (non-hydrogen) atoms. The van der Waals surface area contributed by atoms with Gasteiger partial charge in [0.1, 0.15) is 11.4 Å². The Morgan fingerprint density at radius 1 is 1.00 bits per heavy atom. The van der Waals surface area contributed by atoms with Crippen LogP contribution < -0.4 is 15.2 Å². The van der Waals surface area contributed by atoms with E-state index in [0.29, 0.717) is 16.8 Å². The number of benzene rings is 2. The third kappa shape index (κ3) is 4.25. The number of carbonyl (C=O) groups excluding carboxylic acids is 1. The first-order valence-electron chi connectivity index (χ1n) is 10.4. The smallest absolute Gasteiger partial charge is 0.295 e. The Morgan fingerprint density at radius 2 is 1.75 bits per heavy atom. The van der Waals surface area contributed by atoms with Gasteiger partial charge >= 0.3 is 0 Å².